The van der Waals surface area contributed by atoms with Crippen LogP contribution in [0.25, 0.3) is 10.9 Å². The zero-order valence-corrected chi connectivity index (χ0v) is 20.7. The van der Waals surface area contributed by atoms with Crippen LogP contribution >= 0.6 is 35.7 Å². The second-order valence-electron chi connectivity index (χ2n) is 6.67. The van der Waals surface area contributed by atoms with Crippen LogP contribution in [-0.4, -0.2) is 73.7 Å². The third-order valence-corrected chi connectivity index (χ3v) is 7.60. The number of hydrogen-bond donors (Lipinski definition) is 2. The topological polar surface area (TPSA) is 78.7 Å². The van der Waals surface area contributed by atoms with Gasteiger partial charge >= 0.3 is 0 Å². The second-order valence-corrected chi connectivity index (χ2v) is 9.99. The SMILES string of the molecule is CN=C(NCCCn1ccc2ccccc21)NCCS(=O)(=O)N1CCSCC1.I. The number of rotatable bonds is 8. The fourth-order valence-electron chi connectivity index (χ4n) is 3.26. The Balaban J connectivity index is 0.00000300. The highest BCUT2D eigenvalue weighted by Gasteiger charge is 2.23. The average molecular weight is 552 g/mol. The van der Waals surface area contributed by atoms with Crippen molar-refractivity contribution < 1.29 is 8.42 Å². The second kappa shape index (κ2) is 12.0. The van der Waals surface area contributed by atoms with Gasteiger partial charge in [0.25, 0.3) is 0 Å². The Kier molecular flexibility index (Phi) is 10.1. The first-order valence-corrected chi connectivity index (χ1v) is 12.4. The third kappa shape index (κ3) is 7.04. The monoisotopic (exact) mass is 551 g/mol. The van der Waals surface area contributed by atoms with Crippen molar-refractivity contribution >= 4 is 62.6 Å². The van der Waals surface area contributed by atoms with Crippen LogP contribution < -0.4 is 10.6 Å². The van der Waals surface area contributed by atoms with Crippen LogP contribution in [0.1, 0.15) is 6.42 Å². The van der Waals surface area contributed by atoms with E-state index in [4.69, 9.17) is 0 Å². The van der Waals surface area contributed by atoms with E-state index in [-0.39, 0.29) is 29.7 Å². The number of aryl methyl sites for hydroxylation is 1. The average Bonchev–Trinajstić information content (AvgIpc) is 3.13. The summed E-state index contributed by atoms with van der Waals surface area (Å²) in [5.74, 6) is 2.49. The molecule has 1 aliphatic heterocycles. The van der Waals surface area contributed by atoms with Crippen LogP contribution in [0.5, 0.6) is 0 Å². The van der Waals surface area contributed by atoms with Crippen molar-refractivity contribution in [3.63, 3.8) is 0 Å². The Morgan fingerprint density at radius 2 is 1.86 bits per heavy atom. The lowest BCUT2D eigenvalue weighted by Gasteiger charge is -2.25. The van der Waals surface area contributed by atoms with Crippen molar-refractivity contribution in [2.75, 3.05) is 50.5 Å². The molecule has 0 spiro atoms. The molecular formula is C19H30IN5O2S2. The van der Waals surface area contributed by atoms with E-state index < -0.39 is 10.0 Å². The molecule has 1 aliphatic rings. The molecule has 1 aromatic heterocycles. The van der Waals surface area contributed by atoms with Crippen LogP contribution in [0.15, 0.2) is 41.5 Å². The molecule has 0 saturated carbocycles. The van der Waals surface area contributed by atoms with Crippen molar-refractivity contribution in [1.29, 1.82) is 0 Å². The van der Waals surface area contributed by atoms with E-state index in [9.17, 15) is 8.42 Å². The van der Waals surface area contributed by atoms with Crippen molar-refractivity contribution in [3.8, 4) is 0 Å². The summed E-state index contributed by atoms with van der Waals surface area (Å²) in [7, 11) is -1.49. The van der Waals surface area contributed by atoms with Gasteiger partial charge in [-0.05, 0) is 23.9 Å². The lowest BCUT2D eigenvalue weighted by atomic mass is 10.2. The number of benzene rings is 1. The lowest BCUT2D eigenvalue weighted by Crippen LogP contribution is -2.44. The van der Waals surface area contributed by atoms with Gasteiger partial charge < -0.3 is 15.2 Å². The minimum Gasteiger partial charge on any atom is -0.356 e. The van der Waals surface area contributed by atoms with Gasteiger partial charge in [-0.15, -0.1) is 24.0 Å². The van der Waals surface area contributed by atoms with Gasteiger partial charge in [-0.2, -0.15) is 11.8 Å². The molecule has 0 atom stereocenters. The van der Waals surface area contributed by atoms with E-state index in [1.165, 1.54) is 10.9 Å². The van der Waals surface area contributed by atoms with E-state index in [1.54, 1.807) is 23.1 Å². The smallest absolute Gasteiger partial charge is 0.215 e. The summed E-state index contributed by atoms with van der Waals surface area (Å²) in [6.45, 7) is 3.27. The number of sulfonamides is 1. The molecule has 0 amide bonds. The van der Waals surface area contributed by atoms with Gasteiger partial charge in [0, 0.05) is 63.0 Å². The van der Waals surface area contributed by atoms with Gasteiger partial charge in [-0.25, -0.2) is 12.7 Å². The van der Waals surface area contributed by atoms with Crippen molar-refractivity contribution in [1.82, 2.24) is 19.5 Å². The number of nitrogens with one attached hydrogen (secondary N) is 2. The number of thioether (sulfide) groups is 1. The van der Waals surface area contributed by atoms with Crippen molar-refractivity contribution in [2.45, 2.75) is 13.0 Å². The number of aromatic nitrogens is 1. The molecule has 0 unspecified atom stereocenters. The summed E-state index contributed by atoms with van der Waals surface area (Å²) in [6.07, 6.45) is 3.06. The fraction of sp³-hybridized carbons (Fsp3) is 0.526. The molecule has 2 N–H and O–H groups in total. The summed E-state index contributed by atoms with van der Waals surface area (Å²) in [5, 5.41) is 7.62. The number of nitrogens with zero attached hydrogens (tertiary/aromatic N) is 3. The van der Waals surface area contributed by atoms with Crippen LogP contribution in [0.2, 0.25) is 0 Å². The zero-order valence-electron chi connectivity index (χ0n) is 16.7. The molecule has 10 heteroatoms. The first-order valence-electron chi connectivity index (χ1n) is 9.64. The minimum atomic E-state index is -3.19. The Labute approximate surface area is 194 Å². The van der Waals surface area contributed by atoms with Gasteiger partial charge in [0.05, 0.1) is 5.75 Å². The third-order valence-electron chi connectivity index (χ3n) is 4.79. The number of guanidine groups is 1. The highest BCUT2D eigenvalue weighted by molar-refractivity contribution is 14.0. The van der Waals surface area contributed by atoms with Crippen LogP contribution in [0.3, 0.4) is 0 Å². The van der Waals surface area contributed by atoms with Crippen LogP contribution in [0, 0.1) is 0 Å². The molecule has 0 radical (unpaired) electrons. The highest BCUT2D eigenvalue weighted by Crippen LogP contribution is 2.15. The molecule has 29 heavy (non-hydrogen) atoms. The van der Waals surface area contributed by atoms with Crippen LogP contribution in [0.4, 0.5) is 0 Å². The summed E-state index contributed by atoms with van der Waals surface area (Å²) in [6, 6.07) is 10.5. The molecule has 1 aromatic carbocycles. The number of para-hydroxylation sites is 1. The first kappa shape index (κ1) is 24.3. The summed E-state index contributed by atoms with van der Waals surface area (Å²) in [5.41, 5.74) is 1.24. The summed E-state index contributed by atoms with van der Waals surface area (Å²) < 4.78 is 28.6. The number of hydrogen-bond acceptors (Lipinski definition) is 4. The zero-order chi connectivity index (χ0) is 19.8. The fourth-order valence-corrected chi connectivity index (χ4v) is 5.76. The molecule has 7 nitrogen and oxygen atoms in total. The predicted molar refractivity (Wildman–Crippen MR) is 134 cm³/mol. The maximum Gasteiger partial charge on any atom is 0.215 e. The molecule has 1 fully saturated rings. The standard InChI is InChI=1S/C19H29N5O2S2.HI/c1-20-19(22-9-16-28(25,26)24-12-14-27-15-13-24)21-8-4-10-23-11-7-17-5-2-3-6-18(17)23;/h2-3,5-7,11H,4,8-10,12-16H2,1H3,(H2,20,21,22);1H. The van der Waals surface area contributed by atoms with Gasteiger partial charge in [-0.3, -0.25) is 4.99 Å². The molecule has 1 saturated heterocycles. The van der Waals surface area contributed by atoms with Crippen molar-refractivity contribution in [2.24, 2.45) is 4.99 Å². The van der Waals surface area contributed by atoms with Gasteiger partial charge in [0.2, 0.25) is 10.0 Å². The maximum absolute atomic E-state index is 12.4. The largest absolute Gasteiger partial charge is 0.356 e. The maximum atomic E-state index is 12.4. The van der Waals surface area contributed by atoms with Crippen molar-refractivity contribution in [3.05, 3.63) is 36.5 Å². The van der Waals surface area contributed by atoms with E-state index >= 15 is 0 Å². The van der Waals surface area contributed by atoms with Gasteiger partial charge in [0.15, 0.2) is 5.96 Å². The number of halogens is 1. The molecule has 3 rings (SSSR count). The molecule has 2 heterocycles. The van der Waals surface area contributed by atoms with Crippen LogP contribution in [-0.2, 0) is 16.6 Å². The normalized spacial score (nSPS) is 15.8. The Morgan fingerprint density at radius 1 is 1.14 bits per heavy atom. The highest BCUT2D eigenvalue weighted by atomic mass is 127. The minimum absolute atomic E-state index is 0. The van der Waals surface area contributed by atoms with E-state index in [0.717, 1.165) is 31.0 Å². The molecule has 2 aromatic rings. The Hall–Kier alpha value is -0.980. The Morgan fingerprint density at radius 3 is 2.62 bits per heavy atom. The Bertz CT molecular complexity index is 895. The quantitative estimate of drug-likeness (QED) is 0.228. The van der Waals surface area contributed by atoms with Gasteiger partial charge in [0.1, 0.15) is 0 Å². The van der Waals surface area contributed by atoms with Gasteiger partial charge in [-0.1, -0.05) is 18.2 Å². The van der Waals surface area contributed by atoms with E-state index in [0.29, 0.717) is 25.6 Å². The predicted octanol–water partition coefficient (Wildman–Crippen LogP) is 2.19. The number of aliphatic imine (C=N–C) groups is 1. The summed E-state index contributed by atoms with van der Waals surface area (Å²) >= 11 is 1.81. The lowest BCUT2D eigenvalue weighted by molar-refractivity contribution is 0.443. The first-order chi connectivity index (χ1) is 13.6. The summed E-state index contributed by atoms with van der Waals surface area (Å²) in [4.78, 5) is 4.18. The molecule has 0 aliphatic carbocycles. The number of fused-ring (bicyclic) bond motifs is 1. The van der Waals surface area contributed by atoms with E-state index in [1.807, 2.05) is 6.07 Å². The molecule has 0 bridgehead atoms. The molecular weight excluding hydrogens is 521 g/mol. The van der Waals surface area contributed by atoms with E-state index in [2.05, 4.69) is 50.7 Å². The molecule has 162 valence electrons.